The van der Waals surface area contributed by atoms with Crippen molar-refractivity contribution in [2.24, 2.45) is 0 Å². The Labute approximate surface area is 158 Å². The van der Waals surface area contributed by atoms with Crippen LogP contribution < -0.4 is 5.32 Å². The molecule has 0 aliphatic rings. The lowest BCUT2D eigenvalue weighted by Gasteiger charge is -2.12. The number of alkyl halides is 3. The number of nitrogens with zero attached hydrogens (tertiary/aromatic N) is 3. The molecule has 0 fully saturated rings. The van der Waals surface area contributed by atoms with E-state index in [1.807, 2.05) is 0 Å². The fourth-order valence-electron chi connectivity index (χ4n) is 2.60. The van der Waals surface area contributed by atoms with Crippen LogP contribution in [0.2, 0.25) is 0 Å². The number of halogens is 4. The van der Waals surface area contributed by atoms with Gasteiger partial charge in [-0.15, -0.1) is 0 Å². The standard InChI is InChI=1S/C19H16F4N4O/c1-11(2)27-14(10-15(26-27)19(21,22)23)13-8-9-16(24-17(13)20)25-18(28)12-6-4-3-5-7-12/h3-11H,1-2H3,(H,24,25,28). The van der Waals surface area contributed by atoms with E-state index < -0.39 is 29.8 Å². The van der Waals surface area contributed by atoms with Crippen molar-refractivity contribution in [2.75, 3.05) is 5.32 Å². The lowest BCUT2D eigenvalue weighted by Crippen LogP contribution is -2.13. The molecule has 3 aromatic rings. The van der Waals surface area contributed by atoms with Crippen molar-refractivity contribution in [2.45, 2.75) is 26.1 Å². The van der Waals surface area contributed by atoms with Gasteiger partial charge in [-0.3, -0.25) is 9.48 Å². The van der Waals surface area contributed by atoms with Gasteiger partial charge >= 0.3 is 6.18 Å². The van der Waals surface area contributed by atoms with Crippen molar-refractivity contribution in [1.82, 2.24) is 14.8 Å². The van der Waals surface area contributed by atoms with Gasteiger partial charge in [0.1, 0.15) is 5.82 Å². The van der Waals surface area contributed by atoms with Crippen molar-refractivity contribution >= 4 is 11.7 Å². The second-order valence-corrected chi connectivity index (χ2v) is 6.31. The van der Waals surface area contributed by atoms with E-state index in [1.165, 1.54) is 12.1 Å². The molecule has 0 bridgehead atoms. The number of nitrogens with one attached hydrogen (secondary N) is 1. The fourth-order valence-corrected chi connectivity index (χ4v) is 2.60. The minimum Gasteiger partial charge on any atom is -0.306 e. The Morgan fingerprint density at radius 2 is 1.79 bits per heavy atom. The Morgan fingerprint density at radius 1 is 1.11 bits per heavy atom. The average molecular weight is 392 g/mol. The zero-order chi connectivity index (χ0) is 20.5. The highest BCUT2D eigenvalue weighted by molar-refractivity contribution is 6.03. The van der Waals surface area contributed by atoms with E-state index in [9.17, 15) is 22.4 Å². The van der Waals surface area contributed by atoms with Crippen LogP contribution in [0.15, 0.2) is 48.5 Å². The van der Waals surface area contributed by atoms with E-state index in [2.05, 4.69) is 15.4 Å². The molecule has 146 valence electrons. The Hall–Kier alpha value is -3.23. The van der Waals surface area contributed by atoms with Crippen molar-refractivity contribution in [3.8, 4) is 11.3 Å². The van der Waals surface area contributed by atoms with Crippen molar-refractivity contribution in [3.05, 3.63) is 65.7 Å². The SMILES string of the molecule is CC(C)n1nc(C(F)(F)F)cc1-c1ccc(NC(=O)c2ccccc2)nc1F. The summed E-state index contributed by atoms with van der Waals surface area (Å²) in [6, 6.07) is 11.2. The topological polar surface area (TPSA) is 59.8 Å². The second-order valence-electron chi connectivity index (χ2n) is 6.31. The molecular formula is C19H16F4N4O. The molecule has 0 radical (unpaired) electrons. The summed E-state index contributed by atoms with van der Waals surface area (Å²) in [7, 11) is 0. The van der Waals surface area contributed by atoms with Crippen molar-refractivity contribution < 1.29 is 22.4 Å². The molecule has 28 heavy (non-hydrogen) atoms. The van der Waals surface area contributed by atoms with E-state index in [4.69, 9.17) is 0 Å². The molecule has 2 aromatic heterocycles. The first kappa shape index (κ1) is 19.5. The maximum atomic E-state index is 14.6. The predicted molar refractivity (Wildman–Crippen MR) is 95.2 cm³/mol. The number of hydrogen-bond donors (Lipinski definition) is 1. The Morgan fingerprint density at radius 3 is 2.36 bits per heavy atom. The third kappa shape index (κ3) is 4.03. The summed E-state index contributed by atoms with van der Waals surface area (Å²) in [5.41, 5.74) is -0.943. The third-order valence-corrected chi connectivity index (χ3v) is 3.92. The molecule has 0 saturated carbocycles. The van der Waals surface area contributed by atoms with E-state index in [0.717, 1.165) is 10.7 Å². The summed E-state index contributed by atoms with van der Waals surface area (Å²) >= 11 is 0. The maximum absolute atomic E-state index is 14.6. The molecule has 9 heteroatoms. The van der Waals surface area contributed by atoms with E-state index >= 15 is 0 Å². The van der Waals surface area contributed by atoms with Gasteiger partial charge in [0.05, 0.1) is 11.3 Å². The van der Waals surface area contributed by atoms with Crippen LogP contribution in [0.5, 0.6) is 0 Å². The maximum Gasteiger partial charge on any atom is 0.435 e. The molecule has 0 atom stereocenters. The van der Waals surface area contributed by atoms with Crippen LogP contribution in [0.1, 0.15) is 35.9 Å². The first-order valence-electron chi connectivity index (χ1n) is 8.37. The molecule has 0 aliphatic carbocycles. The number of benzene rings is 1. The summed E-state index contributed by atoms with van der Waals surface area (Å²) in [4.78, 5) is 15.8. The molecule has 2 heterocycles. The second kappa shape index (κ2) is 7.41. The summed E-state index contributed by atoms with van der Waals surface area (Å²) in [6.07, 6.45) is -4.65. The Balaban J connectivity index is 1.93. The molecule has 0 unspecified atom stereocenters. The normalized spacial score (nSPS) is 11.7. The van der Waals surface area contributed by atoms with Gasteiger partial charge in [0, 0.05) is 11.6 Å². The molecular weight excluding hydrogens is 376 g/mol. The van der Waals surface area contributed by atoms with Gasteiger partial charge in [0.15, 0.2) is 5.69 Å². The lowest BCUT2D eigenvalue weighted by atomic mass is 10.1. The monoisotopic (exact) mass is 392 g/mol. The number of carbonyl (C=O) groups is 1. The van der Waals surface area contributed by atoms with E-state index in [0.29, 0.717) is 5.56 Å². The molecule has 1 aromatic carbocycles. The van der Waals surface area contributed by atoms with Crippen LogP contribution in [0.25, 0.3) is 11.3 Å². The van der Waals surface area contributed by atoms with Crippen LogP contribution in [0.4, 0.5) is 23.4 Å². The quantitative estimate of drug-likeness (QED) is 0.506. The number of hydrogen-bond acceptors (Lipinski definition) is 3. The van der Waals surface area contributed by atoms with Gasteiger partial charge in [-0.1, -0.05) is 18.2 Å². The van der Waals surface area contributed by atoms with Crippen LogP contribution in [0.3, 0.4) is 0 Å². The average Bonchev–Trinajstić information content (AvgIpc) is 3.08. The van der Waals surface area contributed by atoms with Gasteiger partial charge in [0.2, 0.25) is 5.95 Å². The minimum absolute atomic E-state index is 0.0479. The smallest absolute Gasteiger partial charge is 0.306 e. The number of anilines is 1. The zero-order valence-corrected chi connectivity index (χ0v) is 15.0. The Kier molecular flexibility index (Phi) is 5.17. The Bertz CT molecular complexity index is 997. The summed E-state index contributed by atoms with van der Waals surface area (Å²) in [5.74, 6) is -1.55. The molecule has 1 amide bonds. The van der Waals surface area contributed by atoms with Crippen LogP contribution in [-0.4, -0.2) is 20.7 Å². The number of aromatic nitrogens is 3. The van der Waals surface area contributed by atoms with Crippen LogP contribution >= 0.6 is 0 Å². The zero-order valence-electron chi connectivity index (χ0n) is 15.0. The number of rotatable bonds is 4. The van der Waals surface area contributed by atoms with Crippen LogP contribution in [-0.2, 0) is 6.18 Å². The largest absolute Gasteiger partial charge is 0.435 e. The highest BCUT2D eigenvalue weighted by Crippen LogP contribution is 2.34. The number of carbonyl (C=O) groups excluding carboxylic acids is 1. The molecule has 1 N–H and O–H groups in total. The molecule has 5 nitrogen and oxygen atoms in total. The third-order valence-electron chi connectivity index (χ3n) is 3.92. The van der Waals surface area contributed by atoms with Gasteiger partial charge in [-0.05, 0) is 44.2 Å². The molecule has 3 rings (SSSR count). The van der Waals surface area contributed by atoms with Crippen LogP contribution in [0, 0.1) is 5.95 Å². The highest BCUT2D eigenvalue weighted by Gasteiger charge is 2.35. The first-order chi connectivity index (χ1) is 13.2. The first-order valence-corrected chi connectivity index (χ1v) is 8.37. The van der Waals surface area contributed by atoms with Crippen molar-refractivity contribution in [3.63, 3.8) is 0 Å². The number of pyridine rings is 1. The molecule has 0 aliphatic heterocycles. The van der Waals surface area contributed by atoms with Gasteiger partial charge in [0.25, 0.3) is 5.91 Å². The van der Waals surface area contributed by atoms with E-state index in [-0.39, 0.29) is 17.1 Å². The lowest BCUT2D eigenvalue weighted by molar-refractivity contribution is -0.141. The summed E-state index contributed by atoms with van der Waals surface area (Å²) in [5, 5.41) is 5.99. The summed E-state index contributed by atoms with van der Waals surface area (Å²) < 4.78 is 54.6. The predicted octanol–water partition coefficient (Wildman–Crippen LogP) is 4.94. The van der Waals surface area contributed by atoms with Crippen molar-refractivity contribution in [1.29, 1.82) is 0 Å². The summed E-state index contributed by atoms with van der Waals surface area (Å²) in [6.45, 7) is 3.27. The molecule has 0 spiro atoms. The minimum atomic E-state index is -4.65. The fraction of sp³-hybridized carbons (Fsp3) is 0.211. The van der Waals surface area contributed by atoms with Gasteiger partial charge in [-0.25, -0.2) is 4.98 Å². The van der Waals surface area contributed by atoms with Gasteiger partial charge < -0.3 is 5.32 Å². The number of amides is 1. The molecule has 0 saturated heterocycles. The highest BCUT2D eigenvalue weighted by atomic mass is 19.4. The van der Waals surface area contributed by atoms with E-state index in [1.54, 1.807) is 44.2 Å². The van der Waals surface area contributed by atoms with Gasteiger partial charge in [-0.2, -0.15) is 22.7 Å².